The van der Waals surface area contributed by atoms with Crippen molar-refractivity contribution in [3.8, 4) is 0 Å². The number of guanidine groups is 1. The lowest BCUT2D eigenvalue weighted by molar-refractivity contribution is 0.108. The van der Waals surface area contributed by atoms with Crippen LogP contribution in [0.25, 0.3) is 0 Å². The van der Waals surface area contributed by atoms with Crippen molar-refractivity contribution in [2.45, 2.75) is 39.2 Å². The standard InChI is InChI=1S/C16H34N4O/c1-13(2)12-21-10-6-9-18-16(17-3)19-11-15(20(4)5)14-7-8-14/h13-15H,6-12H2,1-5H3,(H2,17,18,19). The predicted molar refractivity (Wildman–Crippen MR) is 89.8 cm³/mol. The van der Waals surface area contributed by atoms with E-state index >= 15 is 0 Å². The summed E-state index contributed by atoms with van der Waals surface area (Å²) in [4.78, 5) is 6.60. The Bertz CT molecular complexity index is 299. The van der Waals surface area contributed by atoms with Gasteiger partial charge in [0.15, 0.2) is 5.96 Å². The van der Waals surface area contributed by atoms with Crippen LogP contribution in [0.2, 0.25) is 0 Å². The Hall–Kier alpha value is -0.810. The number of aliphatic imine (C=N–C) groups is 1. The van der Waals surface area contributed by atoms with Gasteiger partial charge in [0, 0.05) is 39.4 Å². The summed E-state index contributed by atoms with van der Waals surface area (Å²) in [5, 5.41) is 6.79. The van der Waals surface area contributed by atoms with E-state index in [1.54, 1.807) is 0 Å². The number of nitrogens with zero attached hydrogens (tertiary/aromatic N) is 2. The Morgan fingerprint density at radius 1 is 1.29 bits per heavy atom. The summed E-state index contributed by atoms with van der Waals surface area (Å²) < 4.78 is 5.57. The summed E-state index contributed by atoms with van der Waals surface area (Å²) >= 11 is 0. The fraction of sp³-hybridized carbons (Fsp3) is 0.938. The zero-order chi connectivity index (χ0) is 15.7. The average Bonchev–Trinajstić information content (AvgIpc) is 3.24. The smallest absolute Gasteiger partial charge is 0.191 e. The van der Waals surface area contributed by atoms with Gasteiger partial charge in [-0.2, -0.15) is 0 Å². The molecule has 0 saturated heterocycles. The summed E-state index contributed by atoms with van der Waals surface area (Å²) in [6.07, 6.45) is 3.74. The second-order valence-corrected chi connectivity index (χ2v) is 6.57. The van der Waals surface area contributed by atoms with E-state index < -0.39 is 0 Å². The van der Waals surface area contributed by atoms with Gasteiger partial charge in [-0.3, -0.25) is 4.99 Å². The van der Waals surface area contributed by atoms with Crippen molar-refractivity contribution in [2.75, 3.05) is 47.4 Å². The maximum atomic E-state index is 5.57. The lowest BCUT2D eigenvalue weighted by Crippen LogP contribution is -2.46. The van der Waals surface area contributed by atoms with E-state index in [4.69, 9.17) is 4.74 Å². The highest BCUT2D eigenvalue weighted by molar-refractivity contribution is 5.79. The van der Waals surface area contributed by atoms with E-state index in [1.807, 2.05) is 7.05 Å². The van der Waals surface area contributed by atoms with Crippen molar-refractivity contribution < 1.29 is 4.74 Å². The Morgan fingerprint density at radius 2 is 2.00 bits per heavy atom. The summed E-state index contributed by atoms with van der Waals surface area (Å²) in [5.74, 6) is 2.36. The molecule has 0 aliphatic heterocycles. The molecule has 124 valence electrons. The van der Waals surface area contributed by atoms with Gasteiger partial charge >= 0.3 is 0 Å². The molecular weight excluding hydrogens is 264 g/mol. The van der Waals surface area contributed by atoms with Crippen LogP contribution < -0.4 is 10.6 Å². The van der Waals surface area contributed by atoms with Gasteiger partial charge in [0.2, 0.25) is 0 Å². The topological polar surface area (TPSA) is 48.9 Å². The van der Waals surface area contributed by atoms with Crippen LogP contribution in [0.5, 0.6) is 0 Å². The Labute approximate surface area is 130 Å². The third-order valence-electron chi connectivity index (χ3n) is 3.74. The molecule has 0 amide bonds. The molecule has 0 aromatic heterocycles. The van der Waals surface area contributed by atoms with E-state index in [0.29, 0.717) is 12.0 Å². The van der Waals surface area contributed by atoms with Crippen LogP contribution in [0.4, 0.5) is 0 Å². The predicted octanol–water partition coefficient (Wildman–Crippen LogP) is 1.55. The van der Waals surface area contributed by atoms with Crippen molar-refractivity contribution in [3.05, 3.63) is 0 Å². The number of likely N-dealkylation sites (N-methyl/N-ethyl adjacent to an activating group) is 1. The molecule has 1 aliphatic carbocycles. The molecule has 1 rings (SSSR count). The first-order valence-electron chi connectivity index (χ1n) is 8.23. The van der Waals surface area contributed by atoms with E-state index in [2.05, 4.69) is 48.5 Å². The van der Waals surface area contributed by atoms with Crippen LogP contribution >= 0.6 is 0 Å². The summed E-state index contributed by atoms with van der Waals surface area (Å²) in [6, 6.07) is 0.609. The largest absolute Gasteiger partial charge is 0.381 e. The minimum absolute atomic E-state index is 0.609. The Balaban J connectivity index is 2.11. The fourth-order valence-electron chi connectivity index (χ4n) is 2.37. The highest BCUT2D eigenvalue weighted by atomic mass is 16.5. The molecule has 0 spiro atoms. The van der Waals surface area contributed by atoms with Gasteiger partial charge in [0.05, 0.1) is 0 Å². The fourth-order valence-corrected chi connectivity index (χ4v) is 2.37. The van der Waals surface area contributed by atoms with Gasteiger partial charge < -0.3 is 20.3 Å². The molecule has 1 saturated carbocycles. The van der Waals surface area contributed by atoms with E-state index in [-0.39, 0.29) is 0 Å². The van der Waals surface area contributed by atoms with Crippen molar-refractivity contribution >= 4 is 5.96 Å². The molecule has 0 radical (unpaired) electrons. The van der Waals surface area contributed by atoms with Crippen molar-refractivity contribution in [1.29, 1.82) is 0 Å². The molecule has 0 aromatic rings. The van der Waals surface area contributed by atoms with Crippen LogP contribution in [0, 0.1) is 11.8 Å². The number of hydrogen-bond acceptors (Lipinski definition) is 3. The maximum Gasteiger partial charge on any atom is 0.191 e. The molecule has 5 heteroatoms. The maximum absolute atomic E-state index is 5.57. The average molecular weight is 298 g/mol. The summed E-state index contributed by atoms with van der Waals surface area (Å²) in [6.45, 7) is 7.86. The molecule has 0 aromatic carbocycles. The van der Waals surface area contributed by atoms with Crippen LogP contribution in [0.1, 0.15) is 33.1 Å². The molecule has 5 nitrogen and oxygen atoms in total. The zero-order valence-corrected chi connectivity index (χ0v) is 14.5. The van der Waals surface area contributed by atoms with Gasteiger partial charge in [0.1, 0.15) is 0 Å². The lowest BCUT2D eigenvalue weighted by Gasteiger charge is -2.25. The van der Waals surface area contributed by atoms with E-state index in [0.717, 1.165) is 44.6 Å². The second kappa shape index (κ2) is 10.0. The third-order valence-corrected chi connectivity index (χ3v) is 3.74. The number of hydrogen-bond donors (Lipinski definition) is 2. The SMILES string of the molecule is CN=C(NCCCOCC(C)C)NCC(C1CC1)N(C)C. The minimum atomic E-state index is 0.609. The minimum Gasteiger partial charge on any atom is -0.381 e. The van der Waals surface area contributed by atoms with Gasteiger partial charge in [-0.15, -0.1) is 0 Å². The van der Waals surface area contributed by atoms with Crippen molar-refractivity contribution in [1.82, 2.24) is 15.5 Å². The van der Waals surface area contributed by atoms with Crippen molar-refractivity contribution in [3.63, 3.8) is 0 Å². The number of rotatable bonds is 10. The first kappa shape index (κ1) is 18.2. The second-order valence-electron chi connectivity index (χ2n) is 6.57. The molecule has 0 bridgehead atoms. The Kier molecular flexibility index (Phi) is 8.69. The summed E-state index contributed by atoms with van der Waals surface area (Å²) in [7, 11) is 6.15. The van der Waals surface area contributed by atoms with Gasteiger partial charge in [-0.05, 0) is 45.2 Å². The van der Waals surface area contributed by atoms with Gasteiger partial charge in [-0.1, -0.05) is 13.8 Å². The Morgan fingerprint density at radius 3 is 2.52 bits per heavy atom. The quantitative estimate of drug-likeness (QED) is 0.365. The molecule has 21 heavy (non-hydrogen) atoms. The van der Waals surface area contributed by atoms with Crippen molar-refractivity contribution in [2.24, 2.45) is 16.8 Å². The van der Waals surface area contributed by atoms with Gasteiger partial charge in [-0.25, -0.2) is 0 Å². The molecule has 2 N–H and O–H groups in total. The highest BCUT2D eigenvalue weighted by Crippen LogP contribution is 2.34. The monoisotopic (exact) mass is 298 g/mol. The van der Waals surface area contributed by atoms with E-state index in [1.165, 1.54) is 12.8 Å². The number of nitrogens with one attached hydrogen (secondary N) is 2. The van der Waals surface area contributed by atoms with Crippen LogP contribution in [0.15, 0.2) is 4.99 Å². The van der Waals surface area contributed by atoms with Crippen LogP contribution in [0.3, 0.4) is 0 Å². The molecule has 1 unspecified atom stereocenters. The molecular formula is C16H34N4O. The first-order valence-corrected chi connectivity index (χ1v) is 8.23. The number of ether oxygens (including phenoxy) is 1. The van der Waals surface area contributed by atoms with E-state index in [9.17, 15) is 0 Å². The van der Waals surface area contributed by atoms with Crippen LogP contribution in [-0.4, -0.2) is 64.3 Å². The normalized spacial score (nSPS) is 17.4. The first-order chi connectivity index (χ1) is 10.0. The van der Waals surface area contributed by atoms with Gasteiger partial charge in [0.25, 0.3) is 0 Å². The molecule has 0 heterocycles. The molecule has 1 fully saturated rings. The van der Waals surface area contributed by atoms with Crippen LogP contribution in [-0.2, 0) is 4.74 Å². The molecule has 1 aliphatic rings. The summed E-state index contributed by atoms with van der Waals surface area (Å²) in [5.41, 5.74) is 0. The highest BCUT2D eigenvalue weighted by Gasteiger charge is 2.32. The third kappa shape index (κ3) is 8.27. The lowest BCUT2D eigenvalue weighted by atomic mass is 10.1. The zero-order valence-electron chi connectivity index (χ0n) is 14.5. The molecule has 1 atom stereocenters.